The topological polar surface area (TPSA) is 80.7 Å². The van der Waals surface area contributed by atoms with Gasteiger partial charge in [-0.3, -0.25) is 0 Å². The highest BCUT2D eigenvalue weighted by molar-refractivity contribution is 5.84. The predicted octanol–water partition coefficient (Wildman–Crippen LogP) is 3.20. The smallest absolute Gasteiger partial charge is 0.343 e. The van der Waals surface area contributed by atoms with Crippen LogP contribution in [-0.2, 0) is 6.42 Å². The molecule has 0 bridgehead atoms. The second-order valence-electron chi connectivity index (χ2n) is 5.49. The number of para-hydroxylation sites is 2. The largest absolute Gasteiger partial charge is 0.507 e. The molecule has 0 radical (unpaired) electrons. The van der Waals surface area contributed by atoms with Crippen molar-refractivity contribution < 1.29 is 13.9 Å². The molecule has 24 heavy (non-hydrogen) atoms. The molecule has 4 aromatic rings. The maximum absolute atomic E-state index is 12.2. The van der Waals surface area contributed by atoms with E-state index in [1.807, 2.05) is 12.1 Å². The quantitative estimate of drug-likeness (QED) is 0.574. The molecule has 2 aromatic carbocycles. The molecule has 0 atom stereocenters. The zero-order valence-electron chi connectivity index (χ0n) is 12.5. The van der Waals surface area contributed by atoms with Gasteiger partial charge in [0.25, 0.3) is 0 Å². The van der Waals surface area contributed by atoms with E-state index in [1.165, 1.54) is 0 Å². The van der Waals surface area contributed by atoms with Gasteiger partial charge in [-0.1, -0.05) is 30.3 Å². The van der Waals surface area contributed by atoms with Crippen molar-refractivity contribution in [2.24, 2.45) is 0 Å². The van der Waals surface area contributed by atoms with Crippen LogP contribution in [0.4, 0.5) is 0 Å². The van der Waals surface area contributed by atoms with E-state index in [2.05, 4.69) is 0 Å². The van der Waals surface area contributed by atoms with Gasteiger partial charge in [-0.05, 0) is 24.3 Å². The third kappa shape index (κ3) is 2.27. The van der Waals surface area contributed by atoms with Crippen molar-refractivity contribution in [1.82, 2.24) is 0 Å². The molecular formula is C19H12O5. The zero-order valence-corrected chi connectivity index (χ0v) is 12.5. The Hall–Kier alpha value is -3.34. The molecule has 1 N–H and O–H groups in total. The van der Waals surface area contributed by atoms with Crippen molar-refractivity contribution in [3.63, 3.8) is 0 Å². The van der Waals surface area contributed by atoms with E-state index in [0.717, 1.165) is 5.39 Å². The van der Waals surface area contributed by atoms with Crippen molar-refractivity contribution in [3.05, 3.63) is 86.6 Å². The van der Waals surface area contributed by atoms with Crippen LogP contribution in [0, 0.1) is 0 Å². The summed E-state index contributed by atoms with van der Waals surface area (Å²) < 4.78 is 10.5. The summed E-state index contributed by atoms with van der Waals surface area (Å²) in [6.07, 6.45) is -0.0633. The van der Waals surface area contributed by atoms with Crippen molar-refractivity contribution in [2.75, 3.05) is 0 Å². The zero-order chi connectivity index (χ0) is 16.7. The summed E-state index contributed by atoms with van der Waals surface area (Å²) in [5.41, 5.74) is -0.113. The van der Waals surface area contributed by atoms with Crippen LogP contribution >= 0.6 is 0 Å². The molecule has 0 aliphatic rings. The van der Waals surface area contributed by atoms with Gasteiger partial charge in [0.2, 0.25) is 0 Å². The van der Waals surface area contributed by atoms with E-state index in [-0.39, 0.29) is 23.3 Å². The van der Waals surface area contributed by atoms with E-state index < -0.39 is 11.3 Å². The minimum Gasteiger partial charge on any atom is -0.507 e. The van der Waals surface area contributed by atoms with Gasteiger partial charge >= 0.3 is 11.3 Å². The standard InChI is InChI=1S/C19H12O5/c20-17-13-6-2-4-8-16(13)24-19(22)14(17)10-12-9-11-5-1-3-7-15(11)23-18(12)21/h1-9,20H,10H2. The van der Waals surface area contributed by atoms with Crippen LogP contribution in [0.2, 0.25) is 0 Å². The Morgan fingerprint density at radius 3 is 2.33 bits per heavy atom. The van der Waals surface area contributed by atoms with Gasteiger partial charge in [-0.15, -0.1) is 0 Å². The Morgan fingerprint density at radius 2 is 1.50 bits per heavy atom. The Balaban J connectivity index is 1.90. The number of hydrogen-bond acceptors (Lipinski definition) is 5. The third-order valence-electron chi connectivity index (χ3n) is 3.96. The SMILES string of the molecule is O=c1oc2ccccc2cc1Cc1c(O)c2ccccc2oc1=O. The van der Waals surface area contributed by atoms with Crippen LogP contribution in [-0.4, -0.2) is 5.11 Å². The van der Waals surface area contributed by atoms with Crippen molar-refractivity contribution in [1.29, 1.82) is 0 Å². The van der Waals surface area contributed by atoms with Crippen LogP contribution in [0.5, 0.6) is 5.75 Å². The summed E-state index contributed by atoms with van der Waals surface area (Å²) in [5, 5.41) is 11.6. The molecule has 0 aliphatic carbocycles. The molecule has 2 heterocycles. The van der Waals surface area contributed by atoms with Gasteiger partial charge in [0.05, 0.1) is 10.9 Å². The molecule has 5 nitrogen and oxygen atoms in total. The highest BCUT2D eigenvalue weighted by Gasteiger charge is 2.16. The fourth-order valence-corrected chi connectivity index (χ4v) is 2.75. The van der Waals surface area contributed by atoms with E-state index >= 15 is 0 Å². The molecule has 0 saturated heterocycles. The minimum atomic E-state index is -0.668. The summed E-state index contributed by atoms with van der Waals surface area (Å²) in [6, 6.07) is 15.5. The van der Waals surface area contributed by atoms with Gasteiger partial charge in [0.1, 0.15) is 16.9 Å². The maximum atomic E-state index is 12.2. The highest BCUT2D eigenvalue weighted by atomic mass is 16.4. The van der Waals surface area contributed by atoms with Crippen molar-refractivity contribution in [2.45, 2.75) is 6.42 Å². The first-order valence-corrected chi connectivity index (χ1v) is 7.39. The van der Waals surface area contributed by atoms with Crippen molar-refractivity contribution >= 4 is 21.9 Å². The van der Waals surface area contributed by atoms with Crippen LogP contribution in [0.25, 0.3) is 21.9 Å². The lowest BCUT2D eigenvalue weighted by molar-refractivity contribution is 0.458. The predicted molar refractivity (Wildman–Crippen MR) is 89.4 cm³/mol. The molecule has 4 rings (SSSR count). The molecule has 0 fully saturated rings. The Bertz CT molecular complexity index is 1180. The second kappa shape index (κ2) is 5.38. The monoisotopic (exact) mass is 320 g/mol. The number of rotatable bonds is 2. The molecule has 2 aromatic heterocycles. The lowest BCUT2D eigenvalue weighted by Gasteiger charge is -2.06. The molecule has 0 amide bonds. The molecule has 5 heteroatoms. The Labute approximate surface area is 135 Å². The van der Waals surface area contributed by atoms with E-state index in [1.54, 1.807) is 42.5 Å². The summed E-state index contributed by atoms with van der Waals surface area (Å²) >= 11 is 0. The highest BCUT2D eigenvalue weighted by Crippen LogP contribution is 2.27. The van der Waals surface area contributed by atoms with E-state index in [4.69, 9.17) is 8.83 Å². The molecule has 0 aliphatic heterocycles. The van der Waals surface area contributed by atoms with Crippen LogP contribution in [0.15, 0.2) is 73.0 Å². The molecule has 0 spiro atoms. The summed E-state index contributed by atoms with van der Waals surface area (Å²) in [6.45, 7) is 0. The number of hydrogen-bond donors (Lipinski definition) is 1. The van der Waals surface area contributed by atoms with Gasteiger partial charge < -0.3 is 13.9 Å². The Kier molecular flexibility index (Phi) is 3.20. The average molecular weight is 320 g/mol. The number of aromatic hydroxyl groups is 1. The Morgan fingerprint density at radius 1 is 0.833 bits per heavy atom. The lowest BCUT2D eigenvalue weighted by Crippen LogP contribution is -2.14. The normalized spacial score (nSPS) is 11.2. The van der Waals surface area contributed by atoms with Crippen LogP contribution < -0.4 is 11.3 Å². The fourth-order valence-electron chi connectivity index (χ4n) is 2.75. The van der Waals surface area contributed by atoms with Gasteiger partial charge in [0, 0.05) is 17.4 Å². The van der Waals surface area contributed by atoms with Crippen molar-refractivity contribution in [3.8, 4) is 5.75 Å². The second-order valence-corrected chi connectivity index (χ2v) is 5.49. The number of benzene rings is 2. The summed E-state index contributed by atoms with van der Waals surface area (Å²) in [4.78, 5) is 24.3. The van der Waals surface area contributed by atoms with Gasteiger partial charge in [0.15, 0.2) is 0 Å². The van der Waals surface area contributed by atoms with E-state index in [9.17, 15) is 14.7 Å². The molecule has 0 unspecified atom stereocenters. The minimum absolute atomic E-state index is 0.0382. The summed E-state index contributed by atoms with van der Waals surface area (Å²) in [7, 11) is 0. The molecule has 0 saturated carbocycles. The average Bonchev–Trinajstić information content (AvgIpc) is 2.59. The molecular weight excluding hydrogens is 308 g/mol. The summed E-state index contributed by atoms with van der Waals surface area (Å²) in [5.74, 6) is -0.172. The first-order valence-electron chi connectivity index (χ1n) is 7.39. The first kappa shape index (κ1) is 14.3. The fraction of sp³-hybridized carbons (Fsp3) is 0.0526. The van der Waals surface area contributed by atoms with Gasteiger partial charge in [-0.2, -0.15) is 0 Å². The van der Waals surface area contributed by atoms with Gasteiger partial charge in [-0.25, -0.2) is 9.59 Å². The first-order chi connectivity index (χ1) is 11.6. The molecule has 118 valence electrons. The van der Waals surface area contributed by atoms with Crippen LogP contribution in [0.1, 0.15) is 11.1 Å². The maximum Gasteiger partial charge on any atom is 0.343 e. The lowest BCUT2D eigenvalue weighted by atomic mass is 10.0. The van der Waals surface area contributed by atoms with E-state index in [0.29, 0.717) is 16.6 Å². The van der Waals surface area contributed by atoms with Crippen LogP contribution in [0.3, 0.4) is 0 Å². The number of fused-ring (bicyclic) bond motifs is 2. The third-order valence-corrected chi connectivity index (χ3v) is 3.96.